The van der Waals surface area contributed by atoms with Gasteiger partial charge in [-0.25, -0.2) is 0 Å². The van der Waals surface area contributed by atoms with Crippen molar-refractivity contribution in [2.75, 3.05) is 19.6 Å². The molecule has 0 radical (unpaired) electrons. The van der Waals surface area contributed by atoms with Gasteiger partial charge in [0, 0.05) is 6.54 Å². The number of carbonyl (C=O) groups is 1. The van der Waals surface area contributed by atoms with Crippen LogP contribution in [0, 0.1) is 19.8 Å². The van der Waals surface area contributed by atoms with Crippen molar-refractivity contribution in [1.29, 1.82) is 0 Å². The van der Waals surface area contributed by atoms with Gasteiger partial charge in [-0.05, 0) is 69.4 Å². The second kappa shape index (κ2) is 7.44. The number of furan rings is 1. The highest BCUT2D eigenvalue weighted by atomic mass is 32.1. The van der Waals surface area contributed by atoms with Crippen LogP contribution in [0.5, 0.6) is 0 Å². The first-order valence-corrected chi connectivity index (χ1v) is 9.19. The van der Waals surface area contributed by atoms with Crippen molar-refractivity contribution in [3.63, 3.8) is 0 Å². The zero-order valence-electron chi connectivity index (χ0n) is 14.4. The number of hydrogen-bond donors (Lipinski definition) is 1. The number of aryl methyl sites for hydroxylation is 2. The molecule has 1 N–H and O–H groups in total. The van der Waals surface area contributed by atoms with Gasteiger partial charge in [-0.2, -0.15) is 0 Å². The van der Waals surface area contributed by atoms with Crippen molar-refractivity contribution in [2.24, 2.45) is 5.92 Å². The quantitative estimate of drug-likeness (QED) is 0.899. The highest BCUT2D eigenvalue weighted by Crippen LogP contribution is 2.27. The van der Waals surface area contributed by atoms with E-state index >= 15 is 0 Å². The molecule has 1 fully saturated rings. The number of hydrogen-bond acceptors (Lipinski definition) is 6. The Kier molecular flexibility index (Phi) is 5.30. The molecule has 1 atom stereocenters. The largest absolute Gasteiger partial charge is 0.465 e. The number of aromatic nitrogens is 2. The highest BCUT2D eigenvalue weighted by molar-refractivity contribution is 7.07. The van der Waals surface area contributed by atoms with E-state index in [9.17, 15) is 4.79 Å². The topological polar surface area (TPSA) is 71.3 Å². The second-order valence-electron chi connectivity index (χ2n) is 6.58. The van der Waals surface area contributed by atoms with Gasteiger partial charge in [-0.3, -0.25) is 9.69 Å². The van der Waals surface area contributed by atoms with Crippen LogP contribution in [-0.2, 0) is 0 Å². The van der Waals surface area contributed by atoms with E-state index in [1.807, 2.05) is 19.1 Å². The average Bonchev–Trinajstić information content (AvgIpc) is 3.18. The van der Waals surface area contributed by atoms with Gasteiger partial charge in [0.1, 0.15) is 16.4 Å². The van der Waals surface area contributed by atoms with Crippen LogP contribution < -0.4 is 5.32 Å². The lowest BCUT2D eigenvalue weighted by molar-refractivity contribution is 0.0898. The summed E-state index contributed by atoms with van der Waals surface area (Å²) >= 11 is 1.13. The van der Waals surface area contributed by atoms with E-state index in [0.717, 1.165) is 42.1 Å². The van der Waals surface area contributed by atoms with E-state index in [4.69, 9.17) is 4.42 Å². The lowest BCUT2D eigenvalue weighted by Crippen LogP contribution is -2.41. The maximum absolute atomic E-state index is 12.4. The minimum Gasteiger partial charge on any atom is -0.465 e. The number of carbonyl (C=O) groups excluding carboxylic acids is 1. The predicted octanol–water partition coefficient (Wildman–Crippen LogP) is 2.95. The van der Waals surface area contributed by atoms with Crippen LogP contribution in [0.15, 0.2) is 16.5 Å². The van der Waals surface area contributed by atoms with Gasteiger partial charge in [0.05, 0.1) is 11.7 Å². The Bertz CT molecular complexity index is 688. The Labute approximate surface area is 146 Å². The lowest BCUT2D eigenvalue weighted by atomic mass is 9.97. The van der Waals surface area contributed by atoms with Gasteiger partial charge < -0.3 is 9.73 Å². The van der Waals surface area contributed by atoms with Gasteiger partial charge in [0.25, 0.3) is 5.91 Å². The molecule has 0 saturated carbocycles. The Morgan fingerprint density at radius 1 is 1.42 bits per heavy atom. The highest BCUT2D eigenvalue weighted by Gasteiger charge is 2.27. The van der Waals surface area contributed by atoms with Gasteiger partial charge in [-0.1, -0.05) is 11.4 Å². The molecular weight excluding hydrogens is 324 g/mol. The average molecular weight is 348 g/mol. The third-order valence-corrected chi connectivity index (χ3v) is 5.49. The molecular formula is C17H24N4O2S. The van der Waals surface area contributed by atoms with Gasteiger partial charge in [0.2, 0.25) is 0 Å². The van der Waals surface area contributed by atoms with Crippen molar-refractivity contribution >= 4 is 17.4 Å². The molecule has 1 aliphatic rings. The number of piperidine rings is 1. The number of rotatable bonds is 5. The van der Waals surface area contributed by atoms with E-state index in [2.05, 4.69) is 26.7 Å². The number of likely N-dealkylation sites (tertiary alicyclic amines) is 1. The maximum Gasteiger partial charge on any atom is 0.265 e. The zero-order chi connectivity index (χ0) is 17.1. The Balaban J connectivity index is 1.70. The summed E-state index contributed by atoms with van der Waals surface area (Å²) in [6.45, 7) is 8.63. The molecule has 7 heteroatoms. The molecule has 3 rings (SSSR count). The first kappa shape index (κ1) is 17.1. The van der Waals surface area contributed by atoms with Gasteiger partial charge >= 0.3 is 0 Å². The van der Waals surface area contributed by atoms with Crippen LogP contribution in [0.4, 0.5) is 0 Å². The van der Waals surface area contributed by atoms with E-state index < -0.39 is 0 Å². The van der Waals surface area contributed by atoms with Gasteiger partial charge in [0.15, 0.2) is 0 Å². The standard InChI is InChI=1S/C17H24N4O2S/c1-11-6-8-21(9-7-11)14(15-5-4-12(2)23-15)10-18-17(22)16-13(3)19-20-24-16/h4-5,11,14H,6-10H2,1-3H3,(H,18,22). The fraction of sp³-hybridized carbons (Fsp3) is 0.588. The molecule has 0 aliphatic carbocycles. The van der Waals surface area contributed by atoms with Crippen LogP contribution in [0.3, 0.4) is 0 Å². The molecule has 1 saturated heterocycles. The molecule has 0 bridgehead atoms. The molecule has 3 heterocycles. The number of nitrogens with zero attached hydrogens (tertiary/aromatic N) is 3. The molecule has 1 amide bonds. The van der Waals surface area contributed by atoms with E-state index in [0.29, 0.717) is 17.1 Å². The molecule has 6 nitrogen and oxygen atoms in total. The fourth-order valence-electron chi connectivity index (χ4n) is 3.09. The first-order valence-electron chi connectivity index (χ1n) is 8.42. The van der Waals surface area contributed by atoms with Crippen LogP contribution in [0.1, 0.15) is 52.7 Å². The summed E-state index contributed by atoms with van der Waals surface area (Å²) in [6, 6.07) is 4.06. The second-order valence-corrected chi connectivity index (χ2v) is 7.33. The minimum absolute atomic E-state index is 0.0661. The molecule has 0 aromatic carbocycles. The van der Waals surface area contributed by atoms with Crippen molar-refractivity contribution in [2.45, 2.75) is 39.7 Å². The summed E-state index contributed by atoms with van der Waals surface area (Å²) in [5, 5.41) is 6.94. The fourth-order valence-corrected chi connectivity index (χ4v) is 3.66. The maximum atomic E-state index is 12.4. The van der Waals surface area contributed by atoms with E-state index in [1.165, 1.54) is 12.8 Å². The summed E-state index contributed by atoms with van der Waals surface area (Å²) in [6.07, 6.45) is 2.37. The van der Waals surface area contributed by atoms with Gasteiger partial charge in [-0.15, -0.1) is 5.10 Å². The first-order chi connectivity index (χ1) is 11.5. The van der Waals surface area contributed by atoms with Crippen molar-refractivity contribution in [3.8, 4) is 0 Å². The van der Waals surface area contributed by atoms with Crippen LogP contribution in [0.2, 0.25) is 0 Å². The normalized spacial score (nSPS) is 17.8. The monoisotopic (exact) mass is 348 g/mol. The third-order valence-electron chi connectivity index (χ3n) is 4.66. The van der Waals surface area contributed by atoms with Crippen molar-refractivity contribution in [1.82, 2.24) is 19.8 Å². The number of amides is 1. The minimum atomic E-state index is -0.110. The predicted molar refractivity (Wildman–Crippen MR) is 93.1 cm³/mol. The summed E-state index contributed by atoms with van der Waals surface area (Å²) in [7, 11) is 0. The van der Waals surface area contributed by atoms with E-state index in [1.54, 1.807) is 6.92 Å². The van der Waals surface area contributed by atoms with Crippen LogP contribution in [0.25, 0.3) is 0 Å². The number of nitrogens with one attached hydrogen (secondary N) is 1. The Morgan fingerprint density at radius 2 is 2.17 bits per heavy atom. The Hall–Kier alpha value is -1.73. The molecule has 24 heavy (non-hydrogen) atoms. The Morgan fingerprint density at radius 3 is 2.75 bits per heavy atom. The molecule has 130 valence electrons. The van der Waals surface area contributed by atoms with E-state index in [-0.39, 0.29) is 11.9 Å². The SMILES string of the molecule is Cc1ccc(C(CNC(=O)c2snnc2C)N2CCC(C)CC2)o1. The smallest absolute Gasteiger partial charge is 0.265 e. The van der Waals surface area contributed by atoms with Crippen LogP contribution in [-0.4, -0.2) is 40.0 Å². The zero-order valence-corrected chi connectivity index (χ0v) is 15.2. The molecule has 1 unspecified atom stereocenters. The molecule has 2 aromatic heterocycles. The molecule has 0 spiro atoms. The summed E-state index contributed by atoms with van der Waals surface area (Å²) in [5.41, 5.74) is 0.676. The summed E-state index contributed by atoms with van der Waals surface area (Å²) < 4.78 is 9.69. The molecule has 2 aromatic rings. The van der Waals surface area contributed by atoms with Crippen molar-refractivity contribution < 1.29 is 9.21 Å². The van der Waals surface area contributed by atoms with Crippen molar-refractivity contribution in [3.05, 3.63) is 34.2 Å². The summed E-state index contributed by atoms with van der Waals surface area (Å²) in [5.74, 6) is 2.47. The van der Waals surface area contributed by atoms with Crippen LogP contribution >= 0.6 is 11.5 Å². The lowest BCUT2D eigenvalue weighted by Gasteiger charge is -2.35. The molecule has 1 aliphatic heterocycles. The third kappa shape index (κ3) is 3.84. The summed E-state index contributed by atoms with van der Waals surface area (Å²) in [4.78, 5) is 15.4.